The van der Waals surface area contributed by atoms with Gasteiger partial charge in [0.05, 0.1) is 19.2 Å². The van der Waals surface area contributed by atoms with Crippen LogP contribution in [0.1, 0.15) is 25.3 Å². The van der Waals surface area contributed by atoms with Crippen molar-refractivity contribution in [2.45, 2.75) is 38.9 Å². The molecule has 1 aromatic heterocycles. The molecule has 0 aromatic carbocycles. The third-order valence-electron chi connectivity index (χ3n) is 3.98. The van der Waals surface area contributed by atoms with Gasteiger partial charge in [-0.25, -0.2) is 0 Å². The molecule has 6 nitrogen and oxygen atoms in total. The maximum Gasteiger partial charge on any atom is 0.305 e. The van der Waals surface area contributed by atoms with Crippen LogP contribution in [0, 0.1) is 0 Å². The number of hydrogen-bond donors (Lipinski definition) is 1. The van der Waals surface area contributed by atoms with Crippen LogP contribution in [0.25, 0.3) is 0 Å². The molecule has 6 heteroatoms. The van der Waals surface area contributed by atoms with Gasteiger partial charge < -0.3 is 10.0 Å². The SMILES string of the molecule is CC[C@H]1CN(Cc2cnn(CCC(=O)O)c2)CCN1C. The number of aryl methyl sites for hydroxylation is 1. The summed E-state index contributed by atoms with van der Waals surface area (Å²) in [7, 11) is 2.19. The Morgan fingerprint density at radius 1 is 1.50 bits per heavy atom. The van der Waals surface area contributed by atoms with E-state index in [1.807, 2.05) is 12.4 Å². The molecule has 1 aliphatic heterocycles. The molecule has 0 saturated carbocycles. The van der Waals surface area contributed by atoms with Crippen molar-refractivity contribution in [2.75, 3.05) is 26.7 Å². The Kier molecular flexibility index (Phi) is 5.14. The molecule has 1 saturated heterocycles. The van der Waals surface area contributed by atoms with E-state index in [0.29, 0.717) is 12.6 Å². The molecular formula is C14H24N4O2. The monoisotopic (exact) mass is 280 g/mol. The third kappa shape index (κ3) is 4.05. The minimum absolute atomic E-state index is 0.119. The highest BCUT2D eigenvalue weighted by atomic mass is 16.4. The Labute approximate surface area is 120 Å². The normalized spacial score (nSPS) is 21.2. The first kappa shape index (κ1) is 15.0. The number of carboxylic acid groups (broad SMARTS) is 1. The highest BCUT2D eigenvalue weighted by molar-refractivity contribution is 5.66. The van der Waals surface area contributed by atoms with Gasteiger partial charge in [0.25, 0.3) is 0 Å². The first-order valence-corrected chi connectivity index (χ1v) is 7.24. The largest absolute Gasteiger partial charge is 0.481 e. The van der Waals surface area contributed by atoms with Gasteiger partial charge >= 0.3 is 5.97 Å². The van der Waals surface area contributed by atoms with Crippen LogP contribution in [0.5, 0.6) is 0 Å². The van der Waals surface area contributed by atoms with Crippen molar-refractivity contribution in [3.63, 3.8) is 0 Å². The number of nitrogens with zero attached hydrogens (tertiary/aromatic N) is 4. The van der Waals surface area contributed by atoms with E-state index in [4.69, 9.17) is 5.11 Å². The summed E-state index contributed by atoms with van der Waals surface area (Å²) in [5, 5.41) is 12.9. The second-order valence-electron chi connectivity index (χ2n) is 5.53. The van der Waals surface area contributed by atoms with Crippen LogP contribution < -0.4 is 0 Å². The Hall–Kier alpha value is -1.40. The highest BCUT2D eigenvalue weighted by Crippen LogP contribution is 2.13. The van der Waals surface area contributed by atoms with Crippen LogP contribution in [0.4, 0.5) is 0 Å². The topological polar surface area (TPSA) is 61.6 Å². The molecule has 1 aliphatic rings. The van der Waals surface area contributed by atoms with E-state index < -0.39 is 5.97 Å². The number of aliphatic carboxylic acids is 1. The average molecular weight is 280 g/mol. The number of rotatable bonds is 6. The van der Waals surface area contributed by atoms with Crippen LogP contribution in [0.15, 0.2) is 12.4 Å². The first-order valence-electron chi connectivity index (χ1n) is 7.24. The number of piperazine rings is 1. The molecule has 1 atom stereocenters. The summed E-state index contributed by atoms with van der Waals surface area (Å²) in [6, 6.07) is 0.630. The summed E-state index contributed by atoms with van der Waals surface area (Å²) in [6.45, 7) is 6.84. The van der Waals surface area contributed by atoms with Crippen molar-refractivity contribution in [3.05, 3.63) is 18.0 Å². The van der Waals surface area contributed by atoms with Crippen molar-refractivity contribution in [1.29, 1.82) is 0 Å². The van der Waals surface area contributed by atoms with Gasteiger partial charge in [0.2, 0.25) is 0 Å². The molecule has 2 heterocycles. The summed E-state index contributed by atoms with van der Waals surface area (Å²) < 4.78 is 1.72. The standard InChI is InChI=1S/C14H24N4O2/c1-3-13-11-17(7-6-16(13)2)9-12-8-15-18(10-12)5-4-14(19)20/h8,10,13H,3-7,9,11H2,1-2H3,(H,19,20)/t13-/m0/s1. The molecule has 0 aliphatic carbocycles. The molecule has 0 amide bonds. The zero-order valence-electron chi connectivity index (χ0n) is 12.3. The highest BCUT2D eigenvalue weighted by Gasteiger charge is 2.22. The number of carboxylic acids is 1. The van der Waals surface area contributed by atoms with E-state index in [-0.39, 0.29) is 6.42 Å². The molecular weight excluding hydrogens is 256 g/mol. The van der Waals surface area contributed by atoms with Crippen LogP contribution in [-0.2, 0) is 17.9 Å². The Balaban J connectivity index is 1.85. The van der Waals surface area contributed by atoms with Gasteiger partial charge in [0.15, 0.2) is 0 Å². The van der Waals surface area contributed by atoms with Crippen LogP contribution in [0.3, 0.4) is 0 Å². The fourth-order valence-corrected chi connectivity index (χ4v) is 2.67. The lowest BCUT2D eigenvalue weighted by molar-refractivity contribution is -0.137. The van der Waals surface area contributed by atoms with Crippen molar-refractivity contribution >= 4 is 5.97 Å². The van der Waals surface area contributed by atoms with Crippen LogP contribution >= 0.6 is 0 Å². The molecule has 0 unspecified atom stereocenters. The van der Waals surface area contributed by atoms with E-state index in [1.165, 1.54) is 6.42 Å². The van der Waals surface area contributed by atoms with Gasteiger partial charge in [-0.2, -0.15) is 5.10 Å². The molecule has 0 radical (unpaired) electrons. The van der Waals surface area contributed by atoms with Gasteiger partial charge in [-0.3, -0.25) is 14.4 Å². The summed E-state index contributed by atoms with van der Waals surface area (Å²) in [5.74, 6) is -0.785. The second-order valence-corrected chi connectivity index (χ2v) is 5.53. The Morgan fingerprint density at radius 2 is 2.30 bits per heavy atom. The molecule has 1 N–H and O–H groups in total. The molecule has 1 aromatic rings. The number of aromatic nitrogens is 2. The Bertz CT molecular complexity index is 446. The maximum atomic E-state index is 10.5. The lowest BCUT2D eigenvalue weighted by atomic mass is 10.1. The zero-order valence-corrected chi connectivity index (χ0v) is 12.3. The van der Waals surface area contributed by atoms with Crippen molar-refractivity contribution < 1.29 is 9.90 Å². The number of carbonyl (C=O) groups is 1. The molecule has 1 fully saturated rings. The van der Waals surface area contributed by atoms with E-state index >= 15 is 0 Å². The fraction of sp³-hybridized carbons (Fsp3) is 0.714. The number of likely N-dealkylation sites (N-methyl/N-ethyl adjacent to an activating group) is 1. The maximum absolute atomic E-state index is 10.5. The summed E-state index contributed by atoms with van der Waals surface area (Å²) >= 11 is 0. The van der Waals surface area contributed by atoms with Crippen LogP contribution in [-0.4, -0.2) is 63.4 Å². The summed E-state index contributed by atoms with van der Waals surface area (Å²) in [4.78, 5) is 15.4. The van der Waals surface area contributed by atoms with E-state index in [2.05, 4.69) is 28.9 Å². The minimum atomic E-state index is -0.785. The first-order chi connectivity index (χ1) is 9.58. The van der Waals surface area contributed by atoms with Gasteiger partial charge in [-0.05, 0) is 13.5 Å². The average Bonchev–Trinajstić information content (AvgIpc) is 2.86. The van der Waals surface area contributed by atoms with E-state index in [9.17, 15) is 4.79 Å². The molecule has 0 bridgehead atoms. The van der Waals surface area contributed by atoms with E-state index in [0.717, 1.165) is 31.7 Å². The summed E-state index contributed by atoms with van der Waals surface area (Å²) in [5.41, 5.74) is 1.16. The predicted octanol–water partition coefficient (Wildman–Crippen LogP) is 0.884. The molecule has 112 valence electrons. The zero-order chi connectivity index (χ0) is 14.5. The smallest absolute Gasteiger partial charge is 0.305 e. The minimum Gasteiger partial charge on any atom is -0.481 e. The second kappa shape index (κ2) is 6.85. The quantitative estimate of drug-likeness (QED) is 0.838. The van der Waals surface area contributed by atoms with Crippen LogP contribution in [0.2, 0.25) is 0 Å². The van der Waals surface area contributed by atoms with Crippen molar-refractivity contribution in [2.24, 2.45) is 0 Å². The van der Waals surface area contributed by atoms with E-state index in [1.54, 1.807) is 4.68 Å². The summed E-state index contributed by atoms with van der Waals surface area (Å²) in [6.07, 6.45) is 5.10. The predicted molar refractivity (Wildman–Crippen MR) is 76.5 cm³/mol. The molecule has 0 spiro atoms. The van der Waals surface area contributed by atoms with Gasteiger partial charge in [0.1, 0.15) is 0 Å². The van der Waals surface area contributed by atoms with Gasteiger partial charge in [-0.1, -0.05) is 6.92 Å². The fourth-order valence-electron chi connectivity index (χ4n) is 2.67. The molecule has 2 rings (SSSR count). The lowest BCUT2D eigenvalue weighted by Gasteiger charge is -2.39. The van der Waals surface area contributed by atoms with Gasteiger partial charge in [-0.15, -0.1) is 0 Å². The van der Waals surface area contributed by atoms with Crippen molar-refractivity contribution in [1.82, 2.24) is 19.6 Å². The number of hydrogen-bond acceptors (Lipinski definition) is 4. The van der Waals surface area contributed by atoms with Gasteiger partial charge in [0, 0.05) is 44.0 Å². The molecule has 20 heavy (non-hydrogen) atoms. The lowest BCUT2D eigenvalue weighted by Crippen LogP contribution is -2.50. The third-order valence-corrected chi connectivity index (χ3v) is 3.98. The van der Waals surface area contributed by atoms with Crippen molar-refractivity contribution in [3.8, 4) is 0 Å². The Morgan fingerprint density at radius 3 is 3.00 bits per heavy atom.